The molecule has 0 amide bonds. The molecule has 1 unspecified atom stereocenters. The Morgan fingerprint density at radius 1 is 1.78 bits per heavy atom. The fourth-order valence-corrected chi connectivity index (χ4v) is 0.621. The lowest BCUT2D eigenvalue weighted by Crippen LogP contribution is -2.07. The van der Waals surface area contributed by atoms with E-state index in [1.807, 2.05) is 6.92 Å². The Labute approximate surface area is 56.8 Å². The van der Waals surface area contributed by atoms with Crippen molar-refractivity contribution in [2.75, 3.05) is 0 Å². The van der Waals surface area contributed by atoms with E-state index in [0.717, 1.165) is 0 Å². The van der Waals surface area contributed by atoms with Gasteiger partial charge in [0.1, 0.15) is 5.78 Å². The molecule has 0 rings (SSSR count). The van der Waals surface area contributed by atoms with Crippen LogP contribution in [0, 0.1) is 12.8 Å². The van der Waals surface area contributed by atoms with Crippen LogP contribution in [0.3, 0.4) is 0 Å². The first-order valence-electron chi connectivity index (χ1n) is 3.19. The number of hydrogen-bond acceptors (Lipinski definition) is 1. The highest BCUT2D eigenvalue weighted by atomic mass is 16.1. The SMILES string of the molecule is [CH2]C(CC=C)C(=O)CC. The molecule has 0 aromatic rings. The number of hydrogen-bond donors (Lipinski definition) is 0. The molecule has 9 heavy (non-hydrogen) atoms. The smallest absolute Gasteiger partial charge is 0.136 e. The molecule has 0 heterocycles. The van der Waals surface area contributed by atoms with Gasteiger partial charge in [-0.15, -0.1) is 6.58 Å². The fraction of sp³-hybridized carbons (Fsp3) is 0.500. The third kappa shape index (κ3) is 3.07. The second-order valence-corrected chi connectivity index (χ2v) is 2.04. The van der Waals surface area contributed by atoms with E-state index in [0.29, 0.717) is 12.8 Å². The molecule has 51 valence electrons. The van der Waals surface area contributed by atoms with Crippen LogP contribution in [-0.2, 0) is 4.79 Å². The maximum Gasteiger partial charge on any atom is 0.136 e. The topological polar surface area (TPSA) is 17.1 Å². The number of ketones is 1. The van der Waals surface area contributed by atoms with Crippen LogP contribution in [-0.4, -0.2) is 5.78 Å². The number of carbonyl (C=O) groups is 1. The quantitative estimate of drug-likeness (QED) is 0.525. The Kier molecular flexibility index (Phi) is 4.02. The summed E-state index contributed by atoms with van der Waals surface area (Å²) < 4.78 is 0. The molecule has 0 aromatic carbocycles. The Morgan fingerprint density at radius 3 is 2.67 bits per heavy atom. The third-order valence-electron chi connectivity index (χ3n) is 1.25. The Morgan fingerprint density at radius 2 is 2.33 bits per heavy atom. The summed E-state index contributed by atoms with van der Waals surface area (Å²) >= 11 is 0. The molecule has 0 aliphatic heterocycles. The maximum absolute atomic E-state index is 10.8. The molecule has 0 saturated carbocycles. The number of allylic oxidation sites excluding steroid dienone is 1. The van der Waals surface area contributed by atoms with Gasteiger partial charge in [0.05, 0.1) is 0 Å². The highest BCUT2D eigenvalue weighted by molar-refractivity contribution is 5.81. The van der Waals surface area contributed by atoms with E-state index in [2.05, 4.69) is 13.5 Å². The predicted octanol–water partition coefficient (Wildman–Crippen LogP) is 1.99. The summed E-state index contributed by atoms with van der Waals surface area (Å²) in [5.74, 6) is 0.141. The second kappa shape index (κ2) is 4.30. The molecule has 0 aromatic heterocycles. The Hall–Kier alpha value is -0.590. The zero-order valence-electron chi connectivity index (χ0n) is 5.89. The maximum atomic E-state index is 10.8. The standard InChI is InChI=1S/C8H13O/c1-4-6-7(3)8(9)5-2/h4,7H,1,3,5-6H2,2H3. The largest absolute Gasteiger partial charge is 0.299 e. The van der Waals surface area contributed by atoms with E-state index in [1.54, 1.807) is 6.08 Å². The average molecular weight is 125 g/mol. The van der Waals surface area contributed by atoms with E-state index in [-0.39, 0.29) is 11.7 Å². The van der Waals surface area contributed by atoms with Crippen molar-refractivity contribution in [3.63, 3.8) is 0 Å². The van der Waals surface area contributed by atoms with Gasteiger partial charge in [-0.05, 0) is 13.3 Å². The van der Waals surface area contributed by atoms with E-state index >= 15 is 0 Å². The van der Waals surface area contributed by atoms with Crippen LogP contribution in [0.2, 0.25) is 0 Å². The summed E-state index contributed by atoms with van der Waals surface area (Å²) in [5, 5.41) is 0. The first kappa shape index (κ1) is 8.41. The summed E-state index contributed by atoms with van der Waals surface area (Å²) in [4.78, 5) is 10.8. The van der Waals surface area contributed by atoms with Crippen molar-refractivity contribution < 1.29 is 4.79 Å². The third-order valence-corrected chi connectivity index (χ3v) is 1.25. The van der Waals surface area contributed by atoms with Crippen molar-refractivity contribution in [2.24, 2.45) is 5.92 Å². The van der Waals surface area contributed by atoms with Crippen molar-refractivity contribution in [1.29, 1.82) is 0 Å². The molecular weight excluding hydrogens is 112 g/mol. The van der Waals surface area contributed by atoms with Crippen LogP contribution < -0.4 is 0 Å². The van der Waals surface area contributed by atoms with Gasteiger partial charge in [0.25, 0.3) is 0 Å². The van der Waals surface area contributed by atoms with Crippen molar-refractivity contribution in [2.45, 2.75) is 19.8 Å². The lowest BCUT2D eigenvalue weighted by molar-refractivity contribution is -0.121. The molecule has 1 radical (unpaired) electrons. The highest BCUT2D eigenvalue weighted by Crippen LogP contribution is 2.04. The van der Waals surface area contributed by atoms with Crippen LogP contribution in [0.1, 0.15) is 19.8 Å². The van der Waals surface area contributed by atoms with Gasteiger partial charge in [-0.1, -0.05) is 13.0 Å². The van der Waals surface area contributed by atoms with Crippen molar-refractivity contribution >= 4 is 5.78 Å². The molecule has 1 nitrogen and oxygen atoms in total. The van der Waals surface area contributed by atoms with E-state index in [9.17, 15) is 4.79 Å². The second-order valence-electron chi connectivity index (χ2n) is 2.04. The number of rotatable bonds is 4. The van der Waals surface area contributed by atoms with Crippen molar-refractivity contribution in [3.8, 4) is 0 Å². The number of Topliss-reactive ketones (excluding diaryl/α,β-unsaturated/α-hetero) is 1. The summed E-state index contributed by atoms with van der Waals surface area (Å²) in [7, 11) is 0. The molecule has 0 spiro atoms. The van der Waals surface area contributed by atoms with Gasteiger partial charge < -0.3 is 0 Å². The molecule has 0 N–H and O–H groups in total. The van der Waals surface area contributed by atoms with Gasteiger partial charge in [-0.2, -0.15) is 0 Å². The Bertz CT molecular complexity index is 105. The summed E-state index contributed by atoms with van der Waals surface area (Å²) in [6, 6.07) is 0. The van der Waals surface area contributed by atoms with Gasteiger partial charge in [0.2, 0.25) is 0 Å². The molecule has 0 bridgehead atoms. The van der Waals surface area contributed by atoms with Gasteiger partial charge >= 0.3 is 0 Å². The van der Waals surface area contributed by atoms with E-state index in [1.165, 1.54) is 0 Å². The van der Waals surface area contributed by atoms with Crippen LogP contribution in [0.4, 0.5) is 0 Å². The zero-order valence-corrected chi connectivity index (χ0v) is 5.89. The molecule has 0 fully saturated rings. The lowest BCUT2D eigenvalue weighted by Gasteiger charge is -2.02. The van der Waals surface area contributed by atoms with Crippen molar-refractivity contribution in [1.82, 2.24) is 0 Å². The summed E-state index contributed by atoms with van der Waals surface area (Å²) in [6.07, 6.45) is 3.01. The van der Waals surface area contributed by atoms with Crippen LogP contribution in [0.15, 0.2) is 12.7 Å². The normalized spacial score (nSPS) is 12.7. The van der Waals surface area contributed by atoms with Crippen LogP contribution in [0.5, 0.6) is 0 Å². The number of carbonyl (C=O) groups excluding carboxylic acids is 1. The monoisotopic (exact) mass is 125 g/mol. The fourth-order valence-electron chi connectivity index (χ4n) is 0.621. The molecule has 1 heteroatoms. The minimum absolute atomic E-state index is 0.0764. The highest BCUT2D eigenvalue weighted by Gasteiger charge is 2.06. The lowest BCUT2D eigenvalue weighted by atomic mass is 10.0. The predicted molar refractivity (Wildman–Crippen MR) is 39.0 cm³/mol. The van der Waals surface area contributed by atoms with E-state index in [4.69, 9.17) is 0 Å². The Balaban J connectivity index is 3.58. The molecule has 0 aliphatic rings. The molecule has 1 atom stereocenters. The molecule has 0 aliphatic carbocycles. The minimum atomic E-state index is -0.0764. The van der Waals surface area contributed by atoms with Crippen LogP contribution in [0.25, 0.3) is 0 Å². The van der Waals surface area contributed by atoms with Gasteiger partial charge in [0.15, 0.2) is 0 Å². The van der Waals surface area contributed by atoms with Crippen molar-refractivity contribution in [3.05, 3.63) is 19.6 Å². The molecular formula is C8H13O. The average Bonchev–Trinajstić information content (AvgIpc) is 1.87. The zero-order chi connectivity index (χ0) is 7.28. The van der Waals surface area contributed by atoms with Gasteiger partial charge in [0, 0.05) is 12.3 Å². The van der Waals surface area contributed by atoms with E-state index < -0.39 is 0 Å². The van der Waals surface area contributed by atoms with Gasteiger partial charge in [-0.25, -0.2) is 0 Å². The molecule has 0 saturated heterocycles. The summed E-state index contributed by atoms with van der Waals surface area (Å²) in [6.45, 7) is 9.05. The first-order valence-corrected chi connectivity index (χ1v) is 3.19. The van der Waals surface area contributed by atoms with Gasteiger partial charge in [-0.3, -0.25) is 4.79 Å². The summed E-state index contributed by atoms with van der Waals surface area (Å²) in [5.41, 5.74) is 0. The first-order chi connectivity index (χ1) is 4.22. The van der Waals surface area contributed by atoms with Crippen LogP contribution >= 0.6 is 0 Å². The minimum Gasteiger partial charge on any atom is -0.299 e.